The third-order valence-electron chi connectivity index (χ3n) is 4.52. The first-order valence-corrected chi connectivity index (χ1v) is 8.91. The van der Waals surface area contributed by atoms with Gasteiger partial charge in [0.1, 0.15) is 5.75 Å². The zero-order valence-electron chi connectivity index (χ0n) is 14.7. The van der Waals surface area contributed by atoms with E-state index in [9.17, 15) is 9.59 Å². The molecule has 2 aromatic rings. The standard InChI is InChI=1S/C20H21ClN2O3/c1-26-18-8-7-17(21)13-16(18)14-19(24)22-9-11-23(12-10-22)20(25)15-5-3-2-4-6-15/h2-8,13H,9-12,14H2,1H3. The molecule has 6 heteroatoms. The number of carbonyl (C=O) groups excluding carboxylic acids is 2. The van der Waals surface area contributed by atoms with Crippen molar-refractivity contribution in [1.82, 2.24) is 9.80 Å². The Morgan fingerprint density at radius 2 is 1.65 bits per heavy atom. The summed E-state index contributed by atoms with van der Waals surface area (Å²) >= 11 is 6.03. The maximum atomic E-state index is 12.6. The van der Waals surface area contributed by atoms with Crippen molar-refractivity contribution in [3.05, 3.63) is 64.7 Å². The van der Waals surface area contributed by atoms with Gasteiger partial charge in [0.15, 0.2) is 0 Å². The number of hydrogen-bond acceptors (Lipinski definition) is 3. The maximum Gasteiger partial charge on any atom is 0.253 e. The highest BCUT2D eigenvalue weighted by molar-refractivity contribution is 6.30. The molecule has 0 unspecified atom stereocenters. The molecule has 0 bridgehead atoms. The second kappa shape index (κ2) is 8.23. The number of carbonyl (C=O) groups is 2. The first-order chi connectivity index (χ1) is 12.6. The second-order valence-electron chi connectivity index (χ2n) is 6.17. The normalized spacial score (nSPS) is 14.2. The van der Waals surface area contributed by atoms with Gasteiger partial charge >= 0.3 is 0 Å². The monoisotopic (exact) mass is 372 g/mol. The van der Waals surface area contributed by atoms with E-state index in [0.29, 0.717) is 42.5 Å². The molecule has 0 aliphatic carbocycles. The number of ether oxygens (including phenoxy) is 1. The molecule has 0 spiro atoms. The predicted octanol–water partition coefficient (Wildman–Crippen LogP) is 2.88. The number of halogens is 1. The molecule has 0 saturated carbocycles. The molecule has 136 valence electrons. The molecule has 1 saturated heterocycles. The van der Waals surface area contributed by atoms with Gasteiger partial charge in [-0.2, -0.15) is 0 Å². The van der Waals surface area contributed by atoms with E-state index in [1.807, 2.05) is 30.3 Å². The number of nitrogens with zero attached hydrogens (tertiary/aromatic N) is 2. The fraction of sp³-hybridized carbons (Fsp3) is 0.300. The van der Waals surface area contributed by atoms with E-state index >= 15 is 0 Å². The largest absolute Gasteiger partial charge is 0.496 e. The fourth-order valence-corrected chi connectivity index (χ4v) is 3.28. The lowest BCUT2D eigenvalue weighted by Gasteiger charge is -2.35. The molecule has 2 aromatic carbocycles. The minimum absolute atomic E-state index is 0.00853. The van der Waals surface area contributed by atoms with Gasteiger partial charge < -0.3 is 14.5 Å². The van der Waals surface area contributed by atoms with E-state index in [4.69, 9.17) is 16.3 Å². The Kier molecular flexibility index (Phi) is 5.78. The molecule has 0 aromatic heterocycles. The molecule has 2 amide bonds. The summed E-state index contributed by atoms with van der Waals surface area (Å²) in [6, 6.07) is 14.5. The number of benzene rings is 2. The number of rotatable bonds is 4. The number of methoxy groups -OCH3 is 1. The molecule has 1 heterocycles. The van der Waals surface area contributed by atoms with Gasteiger partial charge in [0.05, 0.1) is 13.5 Å². The van der Waals surface area contributed by atoms with E-state index in [0.717, 1.165) is 5.56 Å². The lowest BCUT2D eigenvalue weighted by atomic mass is 10.1. The molecule has 1 aliphatic rings. The summed E-state index contributed by atoms with van der Waals surface area (Å²) in [6.07, 6.45) is 0.233. The van der Waals surface area contributed by atoms with E-state index in [1.165, 1.54) is 0 Å². The Hall–Kier alpha value is -2.53. The molecule has 0 atom stereocenters. The topological polar surface area (TPSA) is 49.9 Å². The van der Waals surface area contributed by atoms with Crippen LogP contribution in [0.3, 0.4) is 0 Å². The third-order valence-corrected chi connectivity index (χ3v) is 4.76. The molecule has 0 N–H and O–H groups in total. The van der Waals surface area contributed by atoms with Crippen molar-refractivity contribution in [3.63, 3.8) is 0 Å². The third kappa shape index (κ3) is 4.17. The smallest absolute Gasteiger partial charge is 0.253 e. The van der Waals surface area contributed by atoms with Gasteiger partial charge in [-0.25, -0.2) is 0 Å². The minimum atomic E-state index is 0.00853. The van der Waals surface area contributed by atoms with Crippen LogP contribution in [-0.4, -0.2) is 54.9 Å². The van der Waals surface area contributed by atoms with Crippen LogP contribution < -0.4 is 4.74 Å². The molecular weight excluding hydrogens is 352 g/mol. The van der Waals surface area contributed by atoms with Crippen LogP contribution in [0.15, 0.2) is 48.5 Å². The van der Waals surface area contributed by atoms with Crippen molar-refractivity contribution in [3.8, 4) is 5.75 Å². The maximum absolute atomic E-state index is 12.6. The van der Waals surface area contributed by atoms with E-state index in [1.54, 1.807) is 35.1 Å². The average molecular weight is 373 g/mol. The van der Waals surface area contributed by atoms with Crippen LogP contribution in [0.4, 0.5) is 0 Å². The highest BCUT2D eigenvalue weighted by atomic mass is 35.5. The van der Waals surface area contributed by atoms with Crippen LogP contribution in [0.25, 0.3) is 0 Å². The summed E-state index contributed by atoms with van der Waals surface area (Å²) < 4.78 is 5.30. The van der Waals surface area contributed by atoms with Gasteiger partial charge in [0.25, 0.3) is 5.91 Å². The number of piperazine rings is 1. The first-order valence-electron chi connectivity index (χ1n) is 8.53. The van der Waals surface area contributed by atoms with Gasteiger partial charge in [-0.3, -0.25) is 9.59 Å². The minimum Gasteiger partial charge on any atom is -0.496 e. The lowest BCUT2D eigenvalue weighted by molar-refractivity contribution is -0.131. The Bertz CT molecular complexity index is 787. The SMILES string of the molecule is COc1ccc(Cl)cc1CC(=O)N1CCN(C(=O)c2ccccc2)CC1. The number of hydrogen-bond donors (Lipinski definition) is 0. The molecular formula is C20H21ClN2O3. The van der Waals surface area contributed by atoms with Crippen LogP contribution >= 0.6 is 11.6 Å². The van der Waals surface area contributed by atoms with Crippen molar-refractivity contribution >= 4 is 23.4 Å². The Labute approximate surface area is 158 Å². The molecule has 1 aliphatic heterocycles. The summed E-state index contributed by atoms with van der Waals surface area (Å²) in [5, 5.41) is 0.576. The molecule has 0 radical (unpaired) electrons. The van der Waals surface area contributed by atoms with Crippen LogP contribution in [0, 0.1) is 0 Å². The first kappa shape index (κ1) is 18.3. The average Bonchev–Trinajstić information content (AvgIpc) is 2.68. The fourth-order valence-electron chi connectivity index (χ4n) is 3.08. The highest BCUT2D eigenvalue weighted by Gasteiger charge is 2.25. The van der Waals surface area contributed by atoms with Gasteiger partial charge in [-0.15, -0.1) is 0 Å². The lowest BCUT2D eigenvalue weighted by Crippen LogP contribution is -2.51. The second-order valence-corrected chi connectivity index (χ2v) is 6.61. The van der Waals surface area contributed by atoms with Crippen LogP contribution in [-0.2, 0) is 11.2 Å². The molecule has 3 rings (SSSR count). The molecule has 1 fully saturated rings. The zero-order chi connectivity index (χ0) is 18.5. The van der Waals surface area contributed by atoms with Crippen molar-refractivity contribution < 1.29 is 14.3 Å². The molecule has 26 heavy (non-hydrogen) atoms. The Morgan fingerprint density at radius 3 is 2.31 bits per heavy atom. The summed E-state index contributed by atoms with van der Waals surface area (Å²) in [5.41, 5.74) is 1.45. The van der Waals surface area contributed by atoms with E-state index in [2.05, 4.69) is 0 Å². The Morgan fingerprint density at radius 1 is 1.00 bits per heavy atom. The summed E-state index contributed by atoms with van der Waals surface area (Å²) in [6.45, 7) is 2.12. The number of amides is 2. The van der Waals surface area contributed by atoms with Crippen molar-refractivity contribution in [2.75, 3.05) is 33.3 Å². The summed E-state index contributed by atoms with van der Waals surface area (Å²) in [7, 11) is 1.57. The van der Waals surface area contributed by atoms with Crippen molar-refractivity contribution in [1.29, 1.82) is 0 Å². The van der Waals surface area contributed by atoms with Crippen LogP contribution in [0.1, 0.15) is 15.9 Å². The van der Waals surface area contributed by atoms with Crippen molar-refractivity contribution in [2.45, 2.75) is 6.42 Å². The van der Waals surface area contributed by atoms with Crippen LogP contribution in [0.2, 0.25) is 5.02 Å². The van der Waals surface area contributed by atoms with Gasteiger partial charge in [-0.1, -0.05) is 29.8 Å². The molecule has 5 nitrogen and oxygen atoms in total. The zero-order valence-corrected chi connectivity index (χ0v) is 15.4. The summed E-state index contributed by atoms with van der Waals surface area (Å²) in [4.78, 5) is 28.7. The summed E-state index contributed by atoms with van der Waals surface area (Å²) in [5.74, 6) is 0.673. The van der Waals surface area contributed by atoms with Gasteiger partial charge in [0, 0.05) is 42.3 Å². The van der Waals surface area contributed by atoms with E-state index in [-0.39, 0.29) is 18.2 Å². The van der Waals surface area contributed by atoms with Gasteiger partial charge in [-0.05, 0) is 30.3 Å². The van der Waals surface area contributed by atoms with Crippen molar-refractivity contribution in [2.24, 2.45) is 0 Å². The highest BCUT2D eigenvalue weighted by Crippen LogP contribution is 2.23. The van der Waals surface area contributed by atoms with Gasteiger partial charge in [0.2, 0.25) is 5.91 Å². The predicted molar refractivity (Wildman–Crippen MR) is 101 cm³/mol. The Balaban J connectivity index is 1.59. The van der Waals surface area contributed by atoms with Crippen LogP contribution in [0.5, 0.6) is 5.75 Å². The quantitative estimate of drug-likeness (QED) is 0.829. The van der Waals surface area contributed by atoms with E-state index < -0.39 is 0 Å².